The lowest BCUT2D eigenvalue weighted by Gasteiger charge is -2.11. The largest absolute Gasteiger partial charge is 0.343 e. The second-order valence-electron chi connectivity index (χ2n) is 7.06. The molecule has 0 aliphatic heterocycles. The summed E-state index contributed by atoms with van der Waals surface area (Å²) < 4.78 is 0. The molecule has 0 saturated heterocycles. The maximum Gasteiger partial charge on any atom is 0.334 e. The van der Waals surface area contributed by atoms with Crippen molar-refractivity contribution in [1.29, 1.82) is 0 Å². The second-order valence-corrected chi connectivity index (χ2v) is 7.06. The van der Waals surface area contributed by atoms with Gasteiger partial charge in [0.25, 0.3) is 5.91 Å². The van der Waals surface area contributed by atoms with E-state index in [4.69, 9.17) is 4.84 Å². The number of carbonyl (C=O) groups excluding carboxylic acids is 2. The van der Waals surface area contributed by atoms with E-state index in [1.165, 1.54) is 0 Å². The number of rotatable bonds is 6. The molecule has 31 heavy (non-hydrogen) atoms. The first-order chi connectivity index (χ1) is 15.0. The van der Waals surface area contributed by atoms with Gasteiger partial charge in [0.05, 0.1) is 11.6 Å². The summed E-state index contributed by atoms with van der Waals surface area (Å²) in [6.45, 7) is 3.73. The van der Waals surface area contributed by atoms with Crippen LogP contribution >= 0.6 is 0 Å². The molecule has 1 atom stereocenters. The maximum atomic E-state index is 12.5. The van der Waals surface area contributed by atoms with Crippen LogP contribution in [0.5, 0.6) is 0 Å². The third-order valence-corrected chi connectivity index (χ3v) is 4.70. The Morgan fingerprint density at radius 3 is 2.03 bits per heavy atom. The summed E-state index contributed by atoms with van der Waals surface area (Å²) in [6.07, 6.45) is 0.709. The van der Waals surface area contributed by atoms with Gasteiger partial charge >= 0.3 is 5.97 Å². The summed E-state index contributed by atoms with van der Waals surface area (Å²) in [7, 11) is 0. The molecule has 0 aliphatic carbocycles. The minimum Gasteiger partial charge on any atom is -0.343 e. The van der Waals surface area contributed by atoms with E-state index in [0.29, 0.717) is 23.4 Å². The zero-order valence-electron chi connectivity index (χ0n) is 17.5. The van der Waals surface area contributed by atoms with Gasteiger partial charge in [-0.3, -0.25) is 4.79 Å². The second kappa shape index (κ2) is 10.7. The van der Waals surface area contributed by atoms with Gasteiger partial charge in [-0.25, -0.2) is 10.3 Å². The van der Waals surface area contributed by atoms with Gasteiger partial charge in [-0.2, -0.15) is 0 Å². The number of anilines is 2. The lowest BCUT2D eigenvalue weighted by molar-refractivity contribution is -0.144. The summed E-state index contributed by atoms with van der Waals surface area (Å²) >= 11 is 0. The summed E-state index contributed by atoms with van der Waals surface area (Å²) in [4.78, 5) is 29.2. The quantitative estimate of drug-likeness (QED) is 0.428. The van der Waals surface area contributed by atoms with Crippen LogP contribution < -0.4 is 10.8 Å². The first-order valence-corrected chi connectivity index (χ1v) is 10.1. The molecular formula is C26H24N2O3. The fraction of sp³-hybridized carbons (Fsp3) is 0.154. The normalized spacial score (nSPS) is 10.9. The minimum absolute atomic E-state index is 0.173. The molecular weight excluding hydrogens is 388 g/mol. The highest BCUT2D eigenvalue weighted by atomic mass is 16.7. The van der Waals surface area contributed by atoms with Crippen molar-refractivity contribution < 1.29 is 14.4 Å². The van der Waals surface area contributed by atoms with Crippen molar-refractivity contribution in [2.75, 3.05) is 10.8 Å². The summed E-state index contributed by atoms with van der Waals surface area (Å²) in [5.74, 6) is 5.49. The van der Waals surface area contributed by atoms with Crippen molar-refractivity contribution in [2.45, 2.75) is 20.3 Å². The Morgan fingerprint density at radius 1 is 0.839 bits per heavy atom. The number of benzene rings is 3. The molecule has 0 saturated carbocycles. The summed E-state index contributed by atoms with van der Waals surface area (Å²) in [6, 6.07) is 23.8. The van der Waals surface area contributed by atoms with Crippen LogP contribution in [0.25, 0.3) is 0 Å². The number of carbonyl (C=O) groups is 2. The maximum absolute atomic E-state index is 12.5. The van der Waals surface area contributed by atoms with E-state index in [-0.39, 0.29) is 17.8 Å². The van der Waals surface area contributed by atoms with E-state index < -0.39 is 0 Å². The molecule has 1 unspecified atom stereocenters. The van der Waals surface area contributed by atoms with Crippen molar-refractivity contribution in [1.82, 2.24) is 0 Å². The van der Waals surface area contributed by atoms with E-state index in [1.807, 2.05) is 61.5 Å². The van der Waals surface area contributed by atoms with E-state index >= 15 is 0 Å². The van der Waals surface area contributed by atoms with Gasteiger partial charge in [0.1, 0.15) is 0 Å². The van der Waals surface area contributed by atoms with Crippen LogP contribution in [0, 0.1) is 17.8 Å². The molecule has 156 valence electrons. The smallest absolute Gasteiger partial charge is 0.334 e. The fourth-order valence-electron chi connectivity index (χ4n) is 2.57. The first kappa shape index (κ1) is 21.7. The molecule has 0 aromatic heterocycles. The van der Waals surface area contributed by atoms with Crippen LogP contribution in [-0.2, 0) is 9.63 Å². The highest BCUT2D eigenvalue weighted by molar-refractivity contribution is 6.04. The highest BCUT2D eigenvalue weighted by Gasteiger charge is 2.12. The molecule has 0 radical (unpaired) electrons. The van der Waals surface area contributed by atoms with Crippen LogP contribution in [0.15, 0.2) is 78.9 Å². The topological polar surface area (TPSA) is 67.4 Å². The number of amides is 1. The molecule has 1 amide bonds. The van der Waals surface area contributed by atoms with Gasteiger partial charge in [-0.1, -0.05) is 43.9 Å². The van der Waals surface area contributed by atoms with Gasteiger partial charge in [0.2, 0.25) is 0 Å². The lowest BCUT2D eigenvalue weighted by atomic mass is 10.1. The molecule has 3 aromatic carbocycles. The molecule has 5 nitrogen and oxygen atoms in total. The van der Waals surface area contributed by atoms with E-state index in [2.05, 4.69) is 22.6 Å². The van der Waals surface area contributed by atoms with Crippen LogP contribution in [0.1, 0.15) is 41.8 Å². The van der Waals surface area contributed by atoms with Gasteiger partial charge in [-0.15, -0.1) is 0 Å². The highest BCUT2D eigenvalue weighted by Crippen LogP contribution is 2.14. The molecule has 3 rings (SSSR count). The Hall–Kier alpha value is -4.04. The number of nitrogens with one attached hydrogen (secondary N) is 2. The minimum atomic E-state index is -0.318. The van der Waals surface area contributed by atoms with Crippen LogP contribution in [0.3, 0.4) is 0 Å². The molecule has 0 fully saturated rings. The van der Waals surface area contributed by atoms with Gasteiger partial charge < -0.3 is 10.2 Å². The van der Waals surface area contributed by atoms with Gasteiger partial charge in [0, 0.05) is 22.4 Å². The zero-order valence-corrected chi connectivity index (χ0v) is 17.5. The molecule has 2 N–H and O–H groups in total. The van der Waals surface area contributed by atoms with E-state index in [9.17, 15) is 9.59 Å². The molecule has 3 aromatic rings. The Morgan fingerprint density at radius 2 is 1.42 bits per heavy atom. The first-order valence-electron chi connectivity index (χ1n) is 10.1. The van der Waals surface area contributed by atoms with Crippen LogP contribution in [-0.4, -0.2) is 11.9 Å². The third kappa shape index (κ3) is 6.48. The standard InChI is InChI=1S/C26H24N2O3/c1-3-19(2)26(30)31-28-24-17-13-22(14-18-24)25(29)27-23-15-11-21(12-16-23)10-9-20-7-5-4-6-8-20/h4-8,11-19,28H,3H2,1-2H3,(H,27,29). The monoisotopic (exact) mass is 412 g/mol. The average Bonchev–Trinajstić information content (AvgIpc) is 2.82. The molecule has 5 heteroatoms. The third-order valence-electron chi connectivity index (χ3n) is 4.70. The van der Waals surface area contributed by atoms with Crippen molar-refractivity contribution in [2.24, 2.45) is 5.92 Å². The van der Waals surface area contributed by atoms with Crippen LogP contribution in [0.2, 0.25) is 0 Å². The number of hydrogen-bond donors (Lipinski definition) is 2. The Balaban J connectivity index is 1.55. The zero-order chi connectivity index (χ0) is 22.1. The predicted molar refractivity (Wildman–Crippen MR) is 122 cm³/mol. The van der Waals surface area contributed by atoms with Gasteiger partial charge in [-0.05, 0) is 67.1 Å². The Bertz CT molecular complexity index is 1080. The lowest BCUT2D eigenvalue weighted by Crippen LogP contribution is -2.17. The molecule has 0 spiro atoms. The molecule has 0 heterocycles. The molecule has 0 aliphatic rings. The fourth-order valence-corrected chi connectivity index (χ4v) is 2.57. The van der Waals surface area contributed by atoms with Crippen molar-refractivity contribution in [3.8, 4) is 11.8 Å². The predicted octanol–water partition coefficient (Wildman–Crippen LogP) is 5.25. The Labute approximate surface area is 182 Å². The average molecular weight is 412 g/mol. The van der Waals surface area contributed by atoms with Crippen molar-refractivity contribution >= 4 is 23.3 Å². The van der Waals surface area contributed by atoms with E-state index in [1.54, 1.807) is 31.2 Å². The Kier molecular flexibility index (Phi) is 7.45. The van der Waals surface area contributed by atoms with Crippen LogP contribution in [0.4, 0.5) is 11.4 Å². The van der Waals surface area contributed by atoms with Gasteiger partial charge in [0.15, 0.2) is 0 Å². The SMILES string of the molecule is CCC(C)C(=O)ONc1ccc(C(=O)Nc2ccc(C#Cc3ccccc3)cc2)cc1. The number of hydrogen-bond acceptors (Lipinski definition) is 4. The van der Waals surface area contributed by atoms with E-state index in [0.717, 1.165) is 11.1 Å². The molecule has 0 bridgehead atoms. The van der Waals surface area contributed by atoms with Crippen molar-refractivity contribution in [3.63, 3.8) is 0 Å². The van der Waals surface area contributed by atoms with Crippen molar-refractivity contribution in [3.05, 3.63) is 95.6 Å². The summed E-state index contributed by atoms with van der Waals surface area (Å²) in [5.41, 5.74) is 6.19. The summed E-state index contributed by atoms with van der Waals surface area (Å²) in [5, 5.41) is 2.86.